The number of ether oxygens (including phenoxy) is 3. The SMILES string of the molecule is COCc1c(C(=O)NCCOc2cccc(OC)c2)sc2cccc(F)c12. The second-order valence-electron chi connectivity index (χ2n) is 5.74. The highest BCUT2D eigenvalue weighted by molar-refractivity contribution is 7.21. The number of fused-ring (bicyclic) bond motifs is 1. The van der Waals surface area contributed by atoms with E-state index in [0.29, 0.717) is 40.5 Å². The largest absolute Gasteiger partial charge is 0.497 e. The third-order valence-corrected chi connectivity index (χ3v) is 5.15. The molecule has 2 aromatic carbocycles. The van der Waals surface area contributed by atoms with E-state index in [-0.39, 0.29) is 18.3 Å². The number of rotatable bonds is 8. The number of amides is 1. The van der Waals surface area contributed by atoms with Gasteiger partial charge >= 0.3 is 0 Å². The predicted molar refractivity (Wildman–Crippen MR) is 103 cm³/mol. The Labute approximate surface area is 160 Å². The van der Waals surface area contributed by atoms with Crippen molar-refractivity contribution in [3.8, 4) is 11.5 Å². The molecule has 0 unspecified atom stereocenters. The van der Waals surface area contributed by atoms with E-state index >= 15 is 0 Å². The fourth-order valence-electron chi connectivity index (χ4n) is 2.74. The van der Waals surface area contributed by atoms with Crippen LogP contribution >= 0.6 is 11.3 Å². The molecule has 0 aliphatic rings. The molecule has 0 radical (unpaired) electrons. The van der Waals surface area contributed by atoms with Crippen LogP contribution in [0.4, 0.5) is 4.39 Å². The van der Waals surface area contributed by atoms with Crippen LogP contribution in [0.5, 0.6) is 11.5 Å². The van der Waals surface area contributed by atoms with Crippen molar-refractivity contribution in [3.63, 3.8) is 0 Å². The summed E-state index contributed by atoms with van der Waals surface area (Å²) >= 11 is 1.26. The Hall–Kier alpha value is -2.64. The number of benzene rings is 2. The molecule has 1 aromatic heterocycles. The zero-order valence-corrected chi connectivity index (χ0v) is 15.9. The first-order valence-electron chi connectivity index (χ1n) is 8.38. The summed E-state index contributed by atoms with van der Waals surface area (Å²) < 4.78 is 30.8. The Morgan fingerprint density at radius 3 is 2.70 bits per heavy atom. The van der Waals surface area contributed by atoms with Crippen LogP contribution in [0.3, 0.4) is 0 Å². The van der Waals surface area contributed by atoms with Crippen LogP contribution in [0.2, 0.25) is 0 Å². The monoisotopic (exact) mass is 389 g/mol. The van der Waals surface area contributed by atoms with Gasteiger partial charge in [0.1, 0.15) is 23.9 Å². The van der Waals surface area contributed by atoms with Gasteiger partial charge in [-0.15, -0.1) is 11.3 Å². The van der Waals surface area contributed by atoms with Crippen LogP contribution in [0, 0.1) is 5.82 Å². The molecule has 1 heterocycles. The maximum absolute atomic E-state index is 14.2. The number of carbonyl (C=O) groups excluding carboxylic acids is 1. The summed E-state index contributed by atoms with van der Waals surface area (Å²) in [6.45, 7) is 0.793. The van der Waals surface area contributed by atoms with E-state index in [2.05, 4.69) is 5.32 Å². The number of methoxy groups -OCH3 is 2. The van der Waals surface area contributed by atoms with Crippen molar-refractivity contribution in [1.82, 2.24) is 5.32 Å². The lowest BCUT2D eigenvalue weighted by atomic mass is 10.1. The van der Waals surface area contributed by atoms with Crippen molar-refractivity contribution in [1.29, 1.82) is 0 Å². The molecule has 0 saturated heterocycles. The van der Waals surface area contributed by atoms with Crippen LogP contribution in [0.1, 0.15) is 15.2 Å². The molecule has 1 N–H and O–H groups in total. The summed E-state index contributed by atoms with van der Waals surface area (Å²) in [6.07, 6.45) is 0. The summed E-state index contributed by atoms with van der Waals surface area (Å²) in [5, 5.41) is 3.26. The Balaban J connectivity index is 1.65. The fourth-order valence-corrected chi connectivity index (χ4v) is 3.88. The molecule has 7 heteroatoms. The maximum Gasteiger partial charge on any atom is 0.261 e. The third kappa shape index (κ3) is 4.37. The minimum atomic E-state index is -0.351. The predicted octanol–water partition coefficient (Wildman–Crippen LogP) is 4.00. The first kappa shape index (κ1) is 19.1. The molecule has 0 fully saturated rings. The molecule has 0 atom stereocenters. The lowest BCUT2D eigenvalue weighted by Crippen LogP contribution is -2.28. The molecular weight excluding hydrogens is 369 g/mol. The number of hydrogen-bond donors (Lipinski definition) is 1. The van der Waals surface area contributed by atoms with Gasteiger partial charge in [-0.2, -0.15) is 0 Å². The van der Waals surface area contributed by atoms with Crippen molar-refractivity contribution in [2.75, 3.05) is 27.4 Å². The Morgan fingerprint density at radius 2 is 1.93 bits per heavy atom. The number of nitrogens with one attached hydrogen (secondary N) is 1. The highest BCUT2D eigenvalue weighted by atomic mass is 32.1. The number of halogens is 1. The van der Waals surface area contributed by atoms with Crippen molar-refractivity contribution < 1.29 is 23.4 Å². The zero-order valence-electron chi connectivity index (χ0n) is 15.1. The van der Waals surface area contributed by atoms with E-state index in [0.717, 1.165) is 4.70 Å². The van der Waals surface area contributed by atoms with Gasteiger partial charge in [-0.05, 0) is 24.3 Å². The van der Waals surface area contributed by atoms with E-state index in [9.17, 15) is 9.18 Å². The van der Waals surface area contributed by atoms with E-state index in [1.165, 1.54) is 24.5 Å². The summed E-state index contributed by atoms with van der Waals surface area (Å²) in [7, 11) is 3.11. The lowest BCUT2D eigenvalue weighted by molar-refractivity contribution is 0.0947. The number of hydrogen-bond acceptors (Lipinski definition) is 5. The van der Waals surface area contributed by atoms with Crippen molar-refractivity contribution in [3.05, 3.63) is 58.7 Å². The van der Waals surface area contributed by atoms with Crippen molar-refractivity contribution in [2.24, 2.45) is 0 Å². The lowest BCUT2D eigenvalue weighted by Gasteiger charge is -2.09. The van der Waals surface area contributed by atoms with Gasteiger partial charge in [0.15, 0.2) is 0 Å². The smallest absolute Gasteiger partial charge is 0.261 e. The van der Waals surface area contributed by atoms with Gasteiger partial charge in [0.25, 0.3) is 5.91 Å². The average molecular weight is 389 g/mol. The summed E-state index contributed by atoms with van der Waals surface area (Å²) in [5.74, 6) is 0.744. The summed E-state index contributed by atoms with van der Waals surface area (Å²) in [6, 6.07) is 12.1. The molecule has 0 saturated carbocycles. The molecule has 0 aliphatic carbocycles. The van der Waals surface area contributed by atoms with E-state index in [1.54, 1.807) is 25.3 Å². The minimum absolute atomic E-state index is 0.171. The van der Waals surface area contributed by atoms with Crippen LogP contribution < -0.4 is 14.8 Å². The molecule has 1 amide bonds. The third-order valence-electron chi connectivity index (χ3n) is 3.96. The van der Waals surface area contributed by atoms with Gasteiger partial charge < -0.3 is 19.5 Å². The van der Waals surface area contributed by atoms with Crippen LogP contribution in [0.15, 0.2) is 42.5 Å². The first-order valence-corrected chi connectivity index (χ1v) is 9.19. The molecule has 5 nitrogen and oxygen atoms in total. The fraction of sp³-hybridized carbons (Fsp3) is 0.250. The standard InChI is InChI=1S/C20H20FNO4S/c1-24-12-15-18-16(21)7-4-8-17(18)27-19(15)20(23)22-9-10-26-14-6-3-5-13(11-14)25-2/h3-8,11H,9-10,12H2,1-2H3,(H,22,23). The summed E-state index contributed by atoms with van der Waals surface area (Å²) in [4.78, 5) is 13.0. The maximum atomic E-state index is 14.2. The van der Waals surface area contributed by atoms with Gasteiger partial charge in [-0.25, -0.2) is 4.39 Å². The molecule has 142 valence electrons. The Morgan fingerprint density at radius 1 is 1.15 bits per heavy atom. The van der Waals surface area contributed by atoms with E-state index < -0.39 is 0 Å². The quantitative estimate of drug-likeness (QED) is 0.592. The van der Waals surface area contributed by atoms with Gasteiger partial charge in [0.2, 0.25) is 0 Å². The molecule has 3 aromatic rings. The van der Waals surface area contributed by atoms with E-state index in [4.69, 9.17) is 14.2 Å². The minimum Gasteiger partial charge on any atom is -0.497 e. The summed E-state index contributed by atoms with van der Waals surface area (Å²) in [5.41, 5.74) is 0.571. The number of carbonyl (C=O) groups is 1. The Bertz CT molecular complexity index is 941. The van der Waals surface area contributed by atoms with E-state index in [1.807, 2.05) is 18.2 Å². The molecule has 0 aliphatic heterocycles. The van der Waals surface area contributed by atoms with Gasteiger partial charge in [0.05, 0.1) is 25.1 Å². The second kappa shape index (κ2) is 8.83. The zero-order chi connectivity index (χ0) is 19.2. The molecule has 0 bridgehead atoms. The first-order chi connectivity index (χ1) is 13.1. The second-order valence-corrected chi connectivity index (χ2v) is 6.79. The average Bonchev–Trinajstić information content (AvgIpc) is 3.05. The topological polar surface area (TPSA) is 56.8 Å². The van der Waals surface area contributed by atoms with Crippen LogP contribution in [-0.2, 0) is 11.3 Å². The molecule has 0 spiro atoms. The van der Waals surface area contributed by atoms with Crippen molar-refractivity contribution >= 4 is 27.3 Å². The highest BCUT2D eigenvalue weighted by Gasteiger charge is 2.20. The normalized spacial score (nSPS) is 10.8. The molecule has 27 heavy (non-hydrogen) atoms. The van der Waals surface area contributed by atoms with Crippen LogP contribution in [-0.4, -0.2) is 33.3 Å². The van der Waals surface area contributed by atoms with Gasteiger partial charge in [-0.1, -0.05) is 12.1 Å². The Kier molecular flexibility index (Phi) is 6.26. The van der Waals surface area contributed by atoms with Crippen molar-refractivity contribution in [2.45, 2.75) is 6.61 Å². The highest BCUT2D eigenvalue weighted by Crippen LogP contribution is 2.33. The molecule has 3 rings (SSSR count). The van der Waals surface area contributed by atoms with Crippen LogP contribution in [0.25, 0.3) is 10.1 Å². The molecular formula is C20H20FNO4S. The number of thiophene rings is 1. The van der Waals surface area contributed by atoms with Gasteiger partial charge in [0, 0.05) is 28.8 Å². The van der Waals surface area contributed by atoms with Gasteiger partial charge in [-0.3, -0.25) is 4.79 Å².